The second-order valence-corrected chi connectivity index (χ2v) is 15.0. The first kappa shape index (κ1) is 29.3. The van der Waals surface area contributed by atoms with Crippen molar-refractivity contribution in [1.29, 1.82) is 0 Å². The number of aromatic nitrogens is 2. The van der Waals surface area contributed by atoms with Gasteiger partial charge in [-0.2, -0.15) is 0 Å². The largest absolute Gasteiger partial charge is 0.454 e. The summed E-state index contributed by atoms with van der Waals surface area (Å²) in [7, 11) is 0. The maximum Gasteiger partial charge on any atom is 0.157 e. The molecule has 13 rings (SSSR count). The molecule has 12 aromatic rings. The maximum atomic E-state index is 6.79. The van der Waals surface area contributed by atoms with Gasteiger partial charge in [-0.25, -0.2) is 4.99 Å². The monoisotopic (exact) mass is 701 g/mol. The number of aryl methyl sites for hydroxylation is 1. The molecular weight excluding hydrogens is 671 g/mol. The number of fused-ring (bicyclic) bond motifs is 16. The van der Waals surface area contributed by atoms with Gasteiger partial charge in [0, 0.05) is 48.8 Å². The van der Waals surface area contributed by atoms with Crippen LogP contribution in [0.1, 0.15) is 23.3 Å². The van der Waals surface area contributed by atoms with Crippen LogP contribution in [0.2, 0.25) is 0 Å². The van der Waals surface area contributed by atoms with Crippen LogP contribution >= 0.6 is 0 Å². The van der Waals surface area contributed by atoms with Crippen LogP contribution in [-0.4, -0.2) is 14.7 Å². The van der Waals surface area contributed by atoms with Crippen LogP contribution in [0.4, 0.5) is 0 Å². The molecule has 0 N–H and O–H groups in total. The minimum atomic E-state index is 0.830. The van der Waals surface area contributed by atoms with Gasteiger partial charge < -0.3 is 8.82 Å². The minimum absolute atomic E-state index is 0.830. The Morgan fingerprint density at radius 2 is 1.18 bits per heavy atom. The Morgan fingerprint density at radius 1 is 0.491 bits per heavy atom. The number of benzene rings is 8. The maximum absolute atomic E-state index is 6.79. The van der Waals surface area contributed by atoms with Gasteiger partial charge in [0.05, 0.1) is 27.6 Å². The lowest BCUT2D eigenvalue weighted by molar-refractivity contribution is 0.599. The van der Waals surface area contributed by atoms with Crippen LogP contribution in [0.25, 0.3) is 98.2 Å². The number of para-hydroxylation sites is 3. The molecule has 0 radical (unpaired) electrons. The molecule has 1 aliphatic heterocycles. The molecule has 4 aromatic heterocycles. The zero-order valence-corrected chi connectivity index (χ0v) is 29.8. The Bertz CT molecular complexity index is 3660. The molecule has 5 heterocycles. The van der Waals surface area contributed by atoms with E-state index in [1.165, 1.54) is 76.0 Å². The van der Waals surface area contributed by atoms with E-state index in [1.54, 1.807) is 0 Å². The number of hydrogen-bond donors (Lipinski definition) is 0. The Morgan fingerprint density at radius 3 is 2.07 bits per heavy atom. The zero-order valence-electron chi connectivity index (χ0n) is 29.8. The van der Waals surface area contributed by atoms with Crippen molar-refractivity contribution in [2.45, 2.75) is 12.8 Å². The summed E-state index contributed by atoms with van der Waals surface area (Å²) in [5.74, 6) is 1.76. The SMILES string of the molecule is C1=C(n2c3ccccc3c3c4c5c6ccccc6ccc5n5c6ccccc6c(cc32)c45)\N=C(\c2ccc3ccccc3c2)c2oc3ccccc3c2CC/1. The molecule has 0 amide bonds. The van der Waals surface area contributed by atoms with Crippen molar-refractivity contribution >= 4 is 104 Å². The smallest absolute Gasteiger partial charge is 0.157 e. The molecule has 0 atom stereocenters. The van der Waals surface area contributed by atoms with Gasteiger partial charge in [-0.1, -0.05) is 121 Å². The highest BCUT2D eigenvalue weighted by molar-refractivity contribution is 6.39. The Balaban J connectivity index is 1.19. The summed E-state index contributed by atoms with van der Waals surface area (Å²) < 4.78 is 11.7. The Hall–Kier alpha value is -7.17. The van der Waals surface area contributed by atoms with E-state index in [0.29, 0.717) is 0 Å². The van der Waals surface area contributed by atoms with Crippen LogP contribution in [0.15, 0.2) is 173 Å². The normalized spacial score (nSPS) is 15.8. The predicted octanol–water partition coefficient (Wildman–Crippen LogP) is 13.3. The average Bonchev–Trinajstić information content (AvgIpc) is 3.96. The summed E-state index contributed by atoms with van der Waals surface area (Å²) in [4.78, 5) is 5.73. The molecule has 0 spiro atoms. The number of aliphatic imine (C=N–C) groups is 1. The fourth-order valence-electron chi connectivity index (χ4n) is 9.79. The molecule has 256 valence electrons. The molecule has 0 aliphatic carbocycles. The summed E-state index contributed by atoms with van der Waals surface area (Å²) >= 11 is 0. The molecule has 4 nitrogen and oxygen atoms in total. The molecule has 0 saturated heterocycles. The number of allylic oxidation sites excluding steroid dienone is 1. The van der Waals surface area contributed by atoms with E-state index in [0.717, 1.165) is 57.7 Å². The molecule has 0 unspecified atom stereocenters. The lowest BCUT2D eigenvalue weighted by Crippen LogP contribution is -2.10. The first-order valence-corrected chi connectivity index (χ1v) is 19.1. The van der Waals surface area contributed by atoms with Crippen molar-refractivity contribution < 1.29 is 4.42 Å². The summed E-state index contributed by atoms with van der Waals surface area (Å²) in [6.45, 7) is 0. The number of furan rings is 1. The lowest BCUT2D eigenvalue weighted by atomic mass is 9.97. The summed E-state index contributed by atoms with van der Waals surface area (Å²) in [6, 6.07) is 57.2. The molecule has 8 aromatic carbocycles. The van der Waals surface area contributed by atoms with E-state index >= 15 is 0 Å². The van der Waals surface area contributed by atoms with Gasteiger partial charge in [0.25, 0.3) is 0 Å². The highest BCUT2D eigenvalue weighted by Crippen LogP contribution is 2.48. The van der Waals surface area contributed by atoms with E-state index in [4.69, 9.17) is 9.41 Å². The first-order chi connectivity index (χ1) is 27.3. The third kappa shape index (κ3) is 3.88. The molecule has 0 saturated carbocycles. The highest BCUT2D eigenvalue weighted by atomic mass is 16.3. The fourth-order valence-corrected chi connectivity index (χ4v) is 9.79. The predicted molar refractivity (Wildman–Crippen MR) is 230 cm³/mol. The van der Waals surface area contributed by atoms with Gasteiger partial charge in [-0.15, -0.1) is 0 Å². The fraction of sp³-hybridized carbons (Fsp3) is 0.0392. The number of hydrogen-bond acceptors (Lipinski definition) is 2. The minimum Gasteiger partial charge on any atom is -0.454 e. The van der Waals surface area contributed by atoms with Gasteiger partial charge in [0.1, 0.15) is 17.1 Å². The van der Waals surface area contributed by atoms with Crippen molar-refractivity contribution in [2.24, 2.45) is 4.99 Å². The van der Waals surface area contributed by atoms with E-state index < -0.39 is 0 Å². The van der Waals surface area contributed by atoms with Crippen molar-refractivity contribution in [3.63, 3.8) is 0 Å². The zero-order chi connectivity index (χ0) is 35.8. The Kier molecular flexibility index (Phi) is 5.71. The topological polar surface area (TPSA) is 34.8 Å². The average molecular weight is 702 g/mol. The van der Waals surface area contributed by atoms with Crippen molar-refractivity contribution in [3.8, 4) is 0 Å². The van der Waals surface area contributed by atoms with Gasteiger partial charge in [-0.05, 0) is 76.9 Å². The highest BCUT2D eigenvalue weighted by Gasteiger charge is 2.27. The third-order valence-electron chi connectivity index (χ3n) is 12.1. The summed E-state index contributed by atoms with van der Waals surface area (Å²) in [5.41, 5.74) is 10.1. The summed E-state index contributed by atoms with van der Waals surface area (Å²) in [5, 5.41) is 13.7. The van der Waals surface area contributed by atoms with E-state index in [1.807, 2.05) is 0 Å². The Labute approximate surface area is 314 Å². The van der Waals surface area contributed by atoms with Gasteiger partial charge in [0.15, 0.2) is 5.76 Å². The second-order valence-electron chi connectivity index (χ2n) is 15.0. The standard InChI is InChI=1S/C51H31N3O/c1-2-14-32-28-33(25-24-30(32)12-1)49-51-37(36-17-7-10-22-44(36)55-51)19-11-23-45(52-49)53-41-21-9-6-18-38(41)47-43(53)29-39-35-16-5-8-20-40(35)54-42-27-26-31-13-3-4-15-34(31)46(42)48(47)50(39)54/h1-10,12-18,20-29H,11,19H2/b45-23+,52-49-. The van der Waals surface area contributed by atoms with E-state index in [-0.39, 0.29) is 0 Å². The number of rotatable bonds is 2. The van der Waals surface area contributed by atoms with Crippen molar-refractivity contribution in [1.82, 2.24) is 8.97 Å². The lowest BCUT2D eigenvalue weighted by Gasteiger charge is -2.15. The quantitative estimate of drug-likeness (QED) is 0.177. The molecular formula is C51H31N3O. The van der Waals surface area contributed by atoms with E-state index in [2.05, 4.69) is 173 Å². The molecule has 4 heteroatoms. The van der Waals surface area contributed by atoms with E-state index in [9.17, 15) is 0 Å². The molecule has 55 heavy (non-hydrogen) atoms. The van der Waals surface area contributed by atoms with Gasteiger partial charge in [0.2, 0.25) is 0 Å². The van der Waals surface area contributed by atoms with Crippen LogP contribution in [-0.2, 0) is 6.42 Å². The van der Waals surface area contributed by atoms with Crippen LogP contribution < -0.4 is 0 Å². The first-order valence-electron chi connectivity index (χ1n) is 19.1. The number of nitrogens with zero attached hydrogens (tertiary/aromatic N) is 3. The van der Waals surface area contributed by atoms with Crippen LogP contribution in [0.3, 0.4) is 0 Å². The van der Waals surface area contributed by atoms with Crippen molar-refractivity contribution in [2.75, 3.05) is 0 Å². The van der Waals surface area contributed by atoms with Crippen LogP contribution in [0, 0.1) is 0 Å². The van der Waals surface area contributed by atoms with Gasteiger partial charge >= 0.3 is 0 Å². The molecule has 0 fully saturated rings. The molecule has 0 bridgehead atoms. The van der Waals surface area contributed by atoms with Crippen LogP contribution in [0.5, 0.6) is 0 Å². The van der Waals surface area contributed by atoms with Crippen molar-refractivity contribution in [3.05, 3.63) is 181 Å². The summed E-state index contributed by atoms with van der Waals surface area (Å²) in [6.07, 6.45) is 4.02. The third-order valence-corrected chi connectivity index (χ3v) is 12.1. The van der Waals surface area contributed by atoms with Gasteiger partial charge in [-0.3, -0.25) is 4.57 Å². The molecule has 1 aliphatic rings. The second kappa shape index (κ2) is 10.7.